The summed E-state index contributed by atoms with van der Waals surface area (Å²) in [5.74, 6) is -0.629. The second-order valence-corrected chi connectivity index (χ2v) is 9.85. The van der Waals surface area contributed by atoms with Gasteiger partial charge < -0.3 is 25.2 Å². The highest BCUT2D eigenvalue weighted by molar-refractivity contribution is 5.85. The van der Waals surface area contributed by atoms with Crippen LogP contribution in [-0.4, -0.2) is 60.0 Å². The zero-order valence-corrected chi connectivity index (χ0v) is 21.0. The summed E-state index contributed by atoms with van der Waals surface area (Å²) in [6.07, 6.45) is 3.06. The molecule has 1 fully saturated rings. The van der Waals surface area contributed by atoms with Crippen LogP contribution in [0.5, 0.6) is 5.75 Å². The van der Waals surface area contributed by atoms with Gasteiger partial charge in [-0.25, -0.2) is 13.2 Å². The van der Waals surface area contributed by atoms with Gasteiger partial charge in [-0.1, -0.05) is 0 Å². The zero-order valence-electron chi connectivity index (χ0n) is 21.0. The van der Waals surface area contributed by atoms with Crippen LogP contribution in [0.2, 0.25) is 0 Å². The highest BCUT2D eigenvalue weighted by Gasteiger charge is 2.34. The van der Waals surface area contributed by atoms with E-state index in [1.807, 2.05) is 0 Å². The van der Waals surface area contributed by atoms with E-state index in [0.29, 0.717) is 59.4 Å². The number of hydrogen-bond acceptors (Lipinski definition) is 6. The van der Waals surface area contributed by atoms with Gasteiger partial charge in [-0.15, -0.1) is 0 Å². The van der Waals surface area contributed by atoms with Crippen molar-refractivity contribution in [3.8, 4) is 5.75 Å². The van der Waals surface area contributed by atoms with Crippen LogP contribution in [0.4, 0.5) is 18.9 Å². The van der Waals surface area contributed by atoms with E-state index in [1.165, 1.54) is 18.3 Å². The Labute approximate surface area is 215 Å². The molecule has 1 saturated heterocycles. The number of hydrogen-bond donors (Lipinski definition) is 3. The predicted molar refractivity (Wildman–Crippen MR) is 137 cm³/mol. The highest BCUT2D eigenvalue weighted by Crippen LogP contribution is 2.40. The quantitative estimate of drug-likeness (QED) is 0.333. The summed E-state index contributed by atoms with van der Waals surface area (Å²) in [5, 5.41) is 25.1. The second-order valence-electron chi connectivity index (χ2n) is 9.85. The first kappa shape index (κ1) is 27.2. The Hall–Kier alpha value is -2.88. The lowest BCUT2D eigenvalue weighted by Crippen LogP contribution is -2.43. The lowest BCUT2D eigenvalue weighted by Gasteiger charge is -2.41. The van der Waals surface area contributed by atoms with Crippen molar-refractivity contribution in [2.75, 3.05) is 45.2 Å². The van der Waals surface area contributed by atoms with Gasteiger partial charge in [0.05, 0.1) is 18.7 Å². The Morgan fingerprint density at radius 3 is 2.51 bits per heavy atom. The summed E-state index contributed by atoms with van der Waals surface area (Å²) in [7, 11) is 1.55. The van der Waals surface area contributed by atoms with E-state index in [9.17, 15) is 23.4 Å². The standard InChI is InChI=1S/C28H34F3N3O3/c1-37-23-2-3-25-24(15-23)27(19(16-29)17-33-25)26(36)4-5-28(18-35)6-9-34(10-7-28)11-8-32-22-13-20(30)12-21(31)14-22/h2-3,12-15,17,26,32,35-36H,4-11,16,18H2,1H3. The third kappa shape index (κ3) is 6.52. The van der Waals surface area contributed by atoms with E-state index in [-0.39, 0.29) is 12.0 Å². The molecule has 0 amide bonds. The minimum atomic E-state index is -0.902. The summed E-state index contributed by atoms with van der Waals surface area (Å²) in [4.78, 5) is 6.56. The van der Waals surface area contributed by atoms with Gasteiger partial charge >= 0.3 is 0 Å². The van der Waals surface area contributed by atoms with Crippen molar-refractivity contribution >= 4 is 16.6 Å². The monoisotopic (exact) mass is 517 g/mol. The van der Waals surface area contributed by atoms with Crippen LogP contribution in [0.3, 0.4) is 0 Å². The summed E-state index contributed by atoms with van der Waals surface area (Å²) in [6, 6.07) is 8.70. The van der Waals surface area contributed by atoms with Gasteiger partial charge in [0.1, 0.15) is 24.1 Å². The average Bonchev–Trinajstić information content (AvgIpc) is 2.91. The van der Waals surface area contributed by atoms with Crippen LogP contribution in [-0.2, 0) is 6.67 Å². The molecular weight excluding hydrogens is 483 g/mol. The summed E-state index contributed by atoms with van der Waals surface area (Å²) >= 11 is 0. The minimum absolute atomic E-state index is 0.00919. The molecule has 0 bridgehead atoms. The van der Waals surface area contributed by atoms with Gasteiger partial charge in [-0.05, 0) is 80.1 Å². The Kier molecular flexibility index (Phi) is 8.89. The number of methoxy groups -OCH3 is 1. The summed E-state index contributed by atoms with van der Waals surface area (Å²) < 4.78 is 45.9. The number of halogens is 3. The Morgan fingerprint density at radius 1 is 1.14 bits per heavy atom. The SMILES string of the molecule is COc1ccc2ncc(CF)c(C(O)CCC3(CO)CCN(CCNc4cc(F)cc(F)c4)CC3)c2c1. The maximum atomic E-state index is 13.8. The Balaban J connectivity index is 1.35. The number of pyridine rings is 1. The van der Waals surface area contributed by atoms with Gasteiger partial charge in [0.25, 0.3) is 0 Å². The fourth-order valence-corrected chi connectivity index (χ4v) is 5.20. The molecule has 6 nitrogen and oxygen atoms in total. The van der Waals surface area contributed by atoms with Gasteiger partial charge in [0.2, 0.25) is 0 Å². The molecule has 1 unspecified atom stereocenters. The second kappa shape index (κ2) is 12.1. The maximum absolute atomic E-state index is 13.8. The molecule has 37 heavy (non-hydrogen) atoms. The fourth-order valence-electron chi connectivity index (χ4n) is 5.20. The lowest BCUT2D eigenvalue weighted by molar-refractivity contribution is 0.0247. The number of benzene rings is 2. The van der Waals surface area contributed by atoms with Crippen LogP contribution >= 0.6 is 0 Å². The number of likely N-dealkylation sites (tertiary alicyclic amines) is 1. The largest absolute Gasteiger partial charge is 0.497 e. The number of aliphatic hydroxyl groups is 2. The van der Waals surface area contributed by atoms with Gasteiger partial charge in [0, 0.05) is 48.6 Å². The van der Waals surface area contributed by atoms with E-state index in [1.54, 1.807) is 25.3 Å². The Bertz CT molecular complexity index is 1180. The highest BCUT2D eigenvalue weighted by atomic mass is 19.1. The zero-order chi connectivity index (χ0) is 26.4. The Morgan fingerprint density at radius 2 is 1.86 bits per heavy atom. The topological polar surface area (TPSA) is 77.8 Å². The molecule has 9 heteroatoms. The van der Waals surface area contributed by atoms with Crippen molar-refractivity contribution < 1.29 is 28.1 Å². The van der Waals surface area contributed by atoms with Crippen molar-refractivity contribution in [2.45, 2.75) is 38.5 Å². The molecule has 0 aliphatic carbocycles. The maximum Gasteiger partial charge on any atom is 0.128 e. The number of rotatable bonds is 11. The molecule has 1 atom stereocenters. The van der Waals surface area contributed by atoms with Crippen LogP contribution in [0.25, 0.3) is 10.9 Å². The first-order valence-corrected chi connectivity index (χ1v) is 12.6. The van der Waals surface area contributed by atoms with E-state index < -0.39 is 24.4 Å². The van der Waals surface area contributed by atoms with Crippen molar-refractivity contribution in [1.82, 2.24) is 9.88 Å². The summed E-state index contributed by atoms with van der Waals surface area (Å²) in [5.41, 5.74) is 1.62. The van der Waals surface area contributed by atoms with E-state index >= 15 is 0 Å². The van der Waals surface area contributed by atoms with Gasteiger partial charge in [-0.2, -0.15) is 0 Å². The van der Waals surface area contributed by atoms with Crippen LogP contribution in [0.1, 0.15) is 42.9 Å². The lowest BCUT2D eigenvalue weighted by atomic mass is 9.74. The number of anilines is 1. The number of aromatic nitrogens is 1. The number of nitrogens with one attached hydrogen (secondary N) is 1. The molecule has 0 saturated carbocycles. The number of fused-ring (bicyclic) bond motifs is 1. The van der Waals surface area contributed by atoms with E-state index in [2.05, 4.69) is 15.2 Å². The smallest absolute Gasteiger partial charge is 0.128 e. The first-order valence-electron chi connectivity index (χ1n) is 12.6. The van der Waals surface area contributed by atoms with E-state index in [0.717, 1.165) is 32.0 Å². The average molecular weight is 518 g/mol. The third-order valence-corrected chi connectivity index (χ3v) is 7.50. The summed E-state index contributed by atoms with van der Waals surface area (Å²) in [6.45, 7) is 2.05. The number of aliphatic hydroxyl groups excluding tert-OH is 2. The minimum Gasteiger partial charge on any atom is -0.497 e. The van der Waals surface area contributed by atoms with Gasteiger partial charge in [0.15, 0.2) is 0 Å². The molecular formula is C28H34F3N3O3. The molecule has 2 heterocycles. The molecule has 1 aliphatic heterocycles. The molecule has 2 aromatic carbocycles. The number of nitrogens with zero attached hydrogens (tertiary/aromatic N) is 2. The van der Waals surface area contributed by atoms with Crippen LogP contribution in [0.15, 0.2) is 42.6 Å². The van der Waals surface area contributed by atoms with Crippen molar-refractivity contribution in [3.63, 3.8) is 0 Å². The molecule has 200 valence electrons. The van der Waals surface area contributed by atoms with Crippen LogP contribution < -0.4 is 10.1 Å². The molecule has 1 aromatic heterocycles. The third-order valence-electron chi connectivity index (χ3n) is 7.50. The van der Waals surface area contributed by atoms with Crippen molar-refractivity contribution in [1.29, 1.82) is 0 Å². The first-order chi connectivity index (χ1) is 17.9. The predicted octanol–water partition coefficient (Wildman–Crippen LogP) is 4.99. The number of piperidine rings is 1. The fraction of sp³-hybridized carbons (Fsp3) is 0.464. The molecule has 3 aromatic rings. The van der Waals surface area contributed by atoms with Crippen molar-refractivity contribution in [2.24, 2.45) is 5.41 Å². The van der Waals surface area contributed by atoms with Crippen LogP contribution in [0, 0.1) is 17.0 Å². The van der Waals surface area contributed by atoms with Gasteiger partial charge in [-0.3, -0.25) is 4.98 Å². The molecule has 0 spiro atoms. The molecule has 1 aliphatic rings. The number of ether oxygens (including phenoxy) is 1. The number of alkyl halides is 1. The molecule has 0 radical (unpaired) electrons. The van der Waals surface area contributed by atoms with Crippen molar-refractivity contribution in [3.05, 3.63) is 65.4 Å². The normalized spacial score (nSPS) is 16.6. The van der Waals surface area contributed by atoms with E-state index in [4.69, 9.17) is 4.74 Å². The molecule has 4 rings (SSSR count). The molecule has 3 N–H and O–H groups in total.